The van der Waals surface area contributed by atoms with E-state index in [0.29, 0.717) is 18.0 Å². The first-order chi connectivity index (χ1) is 13.1. The molecule has 3 aromatic carbocycles. The van der Waals surface area contributed by atoms with Gasteiger partial charge in [0.05, 0.1) is 0 Å². The molecule has 0 unspecified atom stereocenters. The lowest BCUT2D eigenvalue weighted by Crippen LogP contribution is -2.34. The van der Waals surface area contributed by atoms with Gasteiger partial charge in [-0.3, -0.25) is 9.59 Å². The predicted octanol–water partition coefficient (Wildman–Crippen LogP) is 4.04. The predicted molar refractivity (Wildman–Crippen MR) is 105 cm³/mol. The van der Waals surface area contributed by atoms with Crippen molar-refractivity contribution in [1.82, 2.24) is 5.32 Å². The minimum Gasteiger partial charge on any atom is -0.457 e. The first-order valence-electron chi connectivity index (χ1n) is 8.58. The molecule has 5 nitrogen and oxygen atoms in total. The first kappa shape index (κ1) is 18.2. The van der Waals surface area contributed by atoms with Gasteiger partial charge in [0.15, 0.2) is 0 Å². The summed E-state index contributed by atoms with van der Waals surface area (Å²) in [6.45, 7) is 2.29. The van der Waals surface area contributed by atoms with Crippen LogP contribution in [0.25, 0.3) is 0 Å². The number of rotatable bonds is 5. The van der Waals surface area contributed by atoms with Gasteiger partial charge in [-0.25, -0.2) is 0 Å². The average Bonchev–Trinajstić information content (AvgIpc) is 2.69. The van der Waals surface area contributed by atoms with Crippen LogP contribution in [0.4, 0.5) is 5.69 Å². The van der Waals surface area contributed by atoms with Crippen LogP contribution in [-0.4, -0.2) is 11.8 Å². The molecule has 0 radical (unpaired) electrons. The van der Waals surface area contributed by atoms with Crippen LogP contribution in [0.2, 0.25) is 0 Å². The van der Waals surface area contributed by atoms with Crippen molar-refractivity contribution >= 4 is 17.5 Å². The summed E-state index contributed by atoms with van der Waals surface area (Å²) >= 11 is 0. The number of nitrogens with one attached hydrogen (secondary N) is 2. The molecule has 0 saturated carbocycles. The smallest absolute Gasteiger partial charge is 0.313 e. The van der Waals surface area contributed by atoms with Gasteiger partial charge in [-0.2, -0.15) is 0 Å². The summed E-state index contributed by atoms with van der Waals surface area (Å²) in [7, 11) is 0. The van der Waals surface area contributed by atoms with E-state index in [9.17, 15) is 9.59 Å². The van der Waals surface area contributed by atoms with Gasteiger partial charge in [0.1, 0.15) is 11.5 Å². The molecule has 2 N–H and O–H groups in total. The van der Waals surface area contributed by atoms with Crippen LogP contribution in [0.5, 0.6) is 11.5 Å². The third-order valence-corrected chi connectivity index (χ3v) is 3.87. The number of ether oxygens (including phenoxy) is 1. The van der Waals surface area contributed by atoms with E-state index in [0.717, 1.165) is 16.9 Å². The molecular weight excluding hydrogens is 340 g/mol. The fourth-order valence-corrected chi connectivity index (χ4v) is 2.39. The van der Waals surface area contributed by atoms with Crippen LogP contribution in [-0.2, 0) is 16.1 Å². The van der Waals surface area contributed by atoms with Crippen molar-refractivity contribution in [2.24, 2.45) is 0 Å². The molecule has 0 saturated heterocycles. The lowest BCUT2D eigenvalue weighted by atomic mass is 10.1. The minimum atomic E-state index is -0.709. The highest BCUT2D eigenvalue weighted by Crippen LogP contribution is 2.22. The lowest BCUT2D eigenvalue weighted by molar-refractivity contribution is -0.136. The Hall–Kier alpha value is -3.60. The van der Waals surface area contributed by atoms with Crippen LogP contribution in [0.15, 0.2) is 78.9 Å². The Morgan fingerprint density at radius 2 is 1.41 bits per heavy atom. The van der Waals surface area contributed by atoms with E-state index in [-0.39, 0.29) is 0 Å². The molecular formula is C22H20N2O3. The molecule has 2 amide bonds. The van der Waals surface area contributed by atoms with Crippen molar-refractivity contribution in [3.8, 4) is 11.5 Å². The van der Waals surface area contributed by atoms with Crippen LogP contribution in [0, 0.1) is 6.92 Å². The van der Waals surface area contributed by atoms with Gasteiger partial charge in [0.25, 0.3) is 0 Å². The first-order valence-corrected chi connectivity index (χ1v) is 8.58. The SMILES string of the molecule is Cc1ccc(CNC(=O)C(=O)Nc2ccc(Oc3ccccc3)cc2)cc1. The maximum Gasteiger partial charge on any atom is 0.313 e. The van der Waals surface area contributed by atoms with Crippen LogP contribution in [0.3, 0.4) is 0 Å². The fraction of sp³-hybridized carbons (Fsp3) is 0.0909. The van der Waals surface area contributed by atoms with Crippen molar-refractivity contribution in [1.29, 1.82) is 0 Å². The molecule has 0 aromatic heterocycles. The third-order valence-electron chi connectivity index (χ3n) is 3.87. The van der Waals surface area contributed by atoms with E-state index in [4.69, 9.17) is 4.74 Å². The minimum absolute atomic E-state index is 0.302. The number of carbonyl (C=O) groups excluding carboxylic acids is 2. The molecule has 3 rings (SSSR count). The summed E-state index contributed by atoms with van der Waals surface area (Å²) in [5.41, 5.74) is 2.59. The molecule has 0 aliphatic heterocycles. The maximum atomic E-state index is 12.0. The standard InChI is InChI=1S/C22H20N2O3/c1-16-7-9-17(10-8-16)15-23-21(25)22(26)24-18-11-13-20(14-12-18)27-19-5-3-2-4-6-19/h2-14H,15H2,1H3,(H,23,25)(H,24,26). The van der Waals surface area contributed by atoms with E-state index < -0.39 is 11.8 Å². The Morgan fingerprint density at radius 3 is 2.07 bits per heavy atom. The van der Waals surface area contributed by atoms with Gasteiger partial charge in [0, 0.05) is 12.2 Å². The monoisotopic (exact) mass is 360 g/mol. The van der Waals surface area contributed by atoms with E-state index in [1.54, 1.807) is 24.3 Å². The fourth-order valence-electron chi connectivity index (χ4n) is 2.39. The van der Waals surface area contributed by atoms with E-state index in [1.807, 2.05) is 61.5 Å². The Bertz CT molecular complexity index is 905. The molecule has 136 valence electrons. The summed E-state index contributed by atoms with van der Waals surface area (Å²) in [5.74, 6) is -0.0215. The van der Waals surface area contributed by atoms with Crippen LogP contribution < -0.4 is 15.4 Å². The van der Waals surface area contributed by atoms with Gasteiger partial charge < -0.3 is 15.4 Å². The summed E-state index contributed by atoms with van der Waals surface area (Å²) in [5, 5.41) is 5.18. The molecule has 27 heavy (non-hydrogen) atoms. The van der Waals surface area contributed by atoms with Gasteiger partial charge in [0.2, 0.25) is 0 Å². The number of aryl methyl sites for hydroxylation is 1. The second-order valence-electron chi connectivity index (χ2n) is 6.06. The van der Waals surface area contributed by atoms with Crippen molar-refractivity contribution in [2.45, 2.75) is 13.5 Å². The van der Waals surface area contributed by atoms with Gasteiger partial charge in [-0.05, 0) is 48.9 Å². The highest BCUT2D eigenvalue weighted by Gasteiger charge is 2.13. The van der Waals surface area contributed by atoms with Gasteiger partial charge in [-0.15, -0.1) is 0 Å². The summed E-state index contributed by atoms with van der Waals surface area (Å²) in [6.07, 6.45) is 0. The molecule has 0 heterocycles. The normalized spacial score (nSPS) is 10.1. The maximum absolute atomic E-state index is 12.0. The molecule has 0 bridgehead atoms. The largest absolute Gasteiger partial charge is 0.457 e. The highest BCUT2D eigenvalue weighted by molar-refractivity contribution is 6.39. The summed E-state index contributed by atoms with van der Waals surface area (Å²) in [4.78, 5) is 24.0. The Balaban J connectivity index is 1.51. The van der Waals surface area contributed by atoms with Crippen molar-refractivity contribution < 1.29 is 14.3 Å². The van der Waals surface area contributed by atoms with E-state index in [2.05, 4.69) is 10.6 Å². The number of anilines is 1. The average molecular weight is 360 g/mol. The zero-order valence-electron chi connectivity index (χ0n) is 14.9. The van der Waals surface area contributed by atoms with Crippen LogP contribution in [0.1, 0.15) is 11.1 Å². The summed E-state index contributed by atoms with van der Waals surface area (Å²) in [6, 6.07) is 24.0. The molecule has 0 fully saturated rings. The Morgan fingerprint density at radius 1 is 0.778 bits per heavy atom. The Labute approximate surface area is 158 Å². The highest BCUT2D eigenvalue weighted by atomic mass is 16.5. The lowest BCUT2D eigenvalue weighted by Gasteiger charge is -2.09. The van der Waals surface area contributed by atoms with Crippen molar-refractivity contribution in [3.63, 3.8) is 0 Å². The number of benzene rings is 3. The number of para-hydroxylation sites is 1. The zero-order chi connectivity index (χ0) is 19.1. The van der Waals surface area contributed by atoms with Crippen molar-refractivity contribution in [2.75, 3.05) is 5.32 Å². The molecule has 0 atom stereocenters. The molecule has 0 aliphatic carbocycles. The molecule has 5 heteroatoms. The quantitative estimate of drug-likeness (QED) is 0.675. The molecule has 0 spiro atoms. The molecule has 3 aromatic rings. The second-order valence-corrected chi connectivity index (χ2v) is 6.06. The Kier molecular flexibility index (Phi) is 5.84. The zero-order valence-corrected chi connectivity index (χ0v) is 14.9. The number of amides is 2. The topological polar surface area (TPSA) is 67.4 Å². The number of carbonyl (C=O) groups is 2. The number of hydrogen-bond acceptors (Lipinski definition) is 3. The van der Waals surface area contributed by atoms with E-state index in [1.165, 1.54) is 0 Å². The third kappa shape index (κ3) is 5.44. The number of hydrogen-bond donors (Lipinski definition) is 2. The summed E-state index contributed by atoms with van der Waals surface area (Å²) < 4.78 is 5.69. The van der Waals surface area contributed by atoms with E-state index >= 15 is 0 Å². The second kappa shape index (κ2) is 8.67. The van der Waals surface area contributed by atoms with Crippen molar-refractivity contribution in [3.05, 3.63) is 90.0 Å². The van der Waals surface area contributed by atoms with Gasteiger partial charge in [-0.1, -0.05) is 48.0 Å². The van der Waals surface area contributed by atoms with Crippen LogP contribution >= 0.6 is 0 Å². The molecule has 0 aliphatic rings. The van der Waals surface area contributed by atoms with Gasteiger partial charge >= 0.3 is 11.8 Å².